The van der Waals surface area contributed by atoms with Gasteiger partial charge in [0.05, 0.1) is 6.20 Å². The summed E-state index contributed by atoms with van der Waals surface area (Å²) in [4.78, 5) is 27.3. The Morgan fingerprint density at radius 2 is 1.91 bits per heavy atom. The number of nitrogens with one attached hydrogen (secondary N) is 2. The molecule has 2 rings (SSSR count). The van der Waals surface area contributed by atoms with E-state index in [0.29, 0.717) is 53.5 Å². The normalized spacial score (nSPS) is 11.9. The number of benzene rings is 1. The lowest BCUT2D eigenvalue weighted by molar-refractivity contribution is -0.116. The molecule has 10 heteroatoms. The van der Waals surface area contributed by atoms with Crippen LogP contribution in [0.25, 0.3) is 0 Å². The third kappa shape index (κ3) is 10.5. The smallest absolute Gasteiger partial charge is 0.275 e. The van der Waals surface area contributed by atoms with Crippen molar-refractivity contribution in [1.82, 2.24) is 10.3 Å². The third-order valence-electron chi connectivity index (χ3n) is 5.38. The van der Waals surface area contributed by atoms with Gasteiger partial charge in [0.1, 0.15) is 30.1 Å². The molecule has 0 fully saturated rings. The first kappa shape index (κ1) is 27.6. The molecule has 0 saturated carbocycles. The number of carbonyl (C=O) groups excluding carboxylic acids is 2. The van der Waals surface area contributed by atoms with Gasteiger partial charge >= 0.3 is 0 Å². The summed E-state index contributed by atoms with van der Waals surface area (Å²) in [6.45, 7) is 5.71. The summed E-state index contributed by atoms with van der Waals surface area (Å²) in [6, 6.07) is 6.58. The molecule has 0 saturated heterocycles. The molecule has 2 aromatic rings. The number of hydrogen-bond acceptors (Lipinski definition) is 8. The highest BCUT2D eigenvalue weighted by Crippen LogP contribution is 2.26. The Labute approximate surface area is 205 Å². The van der Waals surface area contributed by atoms with E-state index in [2.05, 4.69) is 29.5 Å². The molecule has 0 aliphatic rings. The van der Waals surface area contributed by atoms with E-state index in [-0.39, 0.29) is 12.5 Å². The lowest BCUT2D eigenvalue weighted by atomic mass is 9.97. The highest BCUT2D eigenvalue weighted by atomic mass is 32.1. The number of carbonyl (C=O) groups is 2. The molecule has 2 amide bonds. The lowest BCUT2D eigenvalue weighted by Crippen LogP contribution is -2.33. The van der Waals surface area contributed by atoms with Crippen LogP contribution in [0, 0.1) is 5.92 Å². The molecule has 1 aromatic heterocycles. The molecule has 188 valence electrons. The molecule has 1 unspecified atom stereocenters. The lowest BCUT2D eigenvalue weighted by Gasteiger charge is -2.12. The first-order valence-electron chi connectivity index (χ1n) is 11.7. The average Bonchev–Trinajstić information content (AvgIpc) is 3.27. The number of rotatable bonds is 17. The van der Waals surface area contributed by atoms with E-state index in [4.69, 9.17) is 15.2 Å². The van der Waals surface area contributed by atoms with E-state index in [0.717, 1.165) is 25.7 Å². The van der Waals surface area contributed by atoms with Crippen LogP contribution in [-0.2, 0) is 4.79 Å². The van der Waals surface area contributed by atoms with Crippen LogP contribution in [0.4, 0.5) is 5.00 Å². The second-order valence-corrected chi connectivity index (χ2v) is 9.01. The summed E-state index contributed by atoms with van der Waals surface area (Å²) in [6.07, 6.45) is 5.59. The Balaban J connectivity index is 1.56. The van der Waals surface area contributed by atoms with Crippen molar-refractivity contribution in [3.05, 3.63) is 36.0 Å². The third-order valence-corrected chi connectivity index (χ3v) is 6.21. The van der Waals surface area contributed by atoms with E-state index in [1.807, 2.05) is 0 Å². The molecule has 0 aliphatic carbocycles. The first-order chi connectivity index (χ1) is 16.4. The highest BCUT2D eigenvalue weighted by Gasteiger charge is 2.11. The van der Waals surface area contributed by atoms with Crippen LogP contribution in [0.5, 0.6) is 10.9 Å². The predicted molar refractivity (Wildman–Crippen MR) is 133 cm³/mol. The van der Waals surface area contributed by atoms with Crippen LogP contribution < -0.4 is 25.8 Å². The minimum atomic E-state index is -0.720. The standard InChI is InChI=1S/C24H36N4O5S/c1-3-17(4-2)6-5-7-21(30)28-22-15-27-24(34-22)33-16-19(29)14-26-12-13-32-20-10-8-18(9-11-20)23(25)31/h8-11,15,17,19,26,29H,3-7,12-14,16H2,1-2H3,(H2,25,31)(H,28,30). The molecule has 9 nitrogen and oxygen atoms in total. The van der Waals surface area contributed by atoms with Crippen LogP contribution in [0.15, 0.2) is 30.5 Å². The van der Waals surface area contributed by atoms with Crippen molar-refractivity contribution < 1.29 is 24.2 Å². The van der Waals surface area contributed by atoms with Gasteiger partial charge in [-0.25, -0.2) is 4.98 Å². The number of aromatic nitrogens is 1. The SMILES string of the molecule is CCC(CC)CCCC(=O)Nc1cnc(OCC(O)CNCCOc2ccc(C(N)=O)cc2)s1. The number of primary amides is 1. The zero-order valence-electron chi connectivity index (χ0n) is 19.9. The van der Waals surface area contributed by atoms with Crippen LogP contribution in [0.1, 0.15) is 56.3 Å². The topological polar surface area (TPSA) is 136 Å². The second kappa shape index (κ2) is 15.3. The summed E-state index contributed by atoms with van der Waals surface area (Å²) in [5.41, 5.74) is 5.63. The molecule has 1 atom stereocenters. The number of amides is 2. The first-order valence-corrected chi connectivity index (χ1v) is 12.5. The quantitative estimate of drug-likeness (QED) is 0.249. The average molecular weight is 493 g/mol. The van der Waals surface area contributed by atoms with Crippen LogP contribution in [0.2, 0.25) is 0 Å². The van der Waals surface area contributed by atoms with Gasteiger partial charge in [0.2, 0.25) is 11.8 Å². The zero-order valence-corrected chi connectivity index (χ0v) is 20.7. The summed E-state index contributed by atoms with van der Waals surface area (Å²) >= 11 is 1.24. The van der Waals surface area contributed by atoms with E-state index in [1.54, 1.807) is 30.5 Å². The maximum atomic E-state index is 12.1. The van der Waals surface area contributed by atoms with Crippen LogP contribution >= 0.6 is 11.3 Å². The maximum Gasteiger partial charge on any atom is 0.275 e. The molecule has 0 radical (unpaired) electrons. The van der Waals surface area contributed by atoms with Crippen molar-refractivity contribution in [2.24, 2.45) is 11.7 Å². The van der Waals surface area contributed by atoms with Crippen LogP contribution in [-0.4, -0.2) is 54.3 Å². The van der Waals surface area contributed by atoms with Gasteiger partial charge < -0.3 is 30.9 Å². The number of anilines is 1. The summed E-state index contributed by atoms with van der Waals surface area (Å²) in [5.74, 6) is 0.822. The van der Waals surface area contributed by atoms with Gasteiger partial charge in [-0.1, -0.05) is 38.0 Å². The number of aliphatic hydroxyl groups is 1. The zero-order chi connectivity index (χ0) is 24.8. The van der Waals surface area contributed by atoms with Crippen molar-refractivity contribution in [1.29, 1.82) is 0 Å². The van der Waals surface area contributed by atoms with Gasteiger partial charge in [0.25, 0.3) is 5.19 Å². The van der Waals surface area contributed by atoms with Crippen molar-refractivity contribution in [3.8, 4) is 10.9 Å². The van der Waals surface area contributed by atoms with E-state index in [1.165, 1.54) is 11.3 Å². The minimum Gasteiger partial charge on any atom is -0.492 e. The number of nitrogens with zero attached hydrogens (tertiary/aromatic N) is 1. The fourth-order valence-electron chi connectivity index (χ4n) is 3.28. The van der Waals surface area contributed by atoms with Crippen molar-refractivity contribution >= 4 is 28.2 Å². The Hall–Kier alpha value is -2.69. The van der Waals surface area contributed by atoms with E-state index < -0.39 is 12.0 Å². The minimum absolute atomic E-state index is 0.0172. The number of hydrogen-bond donors (Lipinski definition) is 4. The molecule has 1 aromatic carbocycles. The van der Waals surface area contributed by atoms with Gasteiger partial charge in [-0.2, -0.15) is 0 Å². The summed E-state index contributed by atoms with van der Waals surface area (Å²) in [7, 11) is 0. The van der Waals surface area contributed by atoms with Gasteiger partial charge in [-0.05, 0) is 43.0 Å². The van der Waals surface area contributed by atoms with Crippen LogP contribution in [0.3, 0.4) is 0 Å². The molecular formula is C24H36N4O5S. The predicted octanol–water partition coefficient (Wildman–Crippen LogP) is 3.20. The maximum absolute atomic E-state index is 12.1. The summed E-state index contributed by atoms with van der Waals surface area (Å²) < 4.78 is 11.1. The van der Waals surface area contributed by atoms with Crippen molar-refractivity contribution in [2.45, 2.75) is 52.1 Å². The molecule has 0 aliphatic heterocycles. The Morgan fingerprint density at radius 1 is 1.18 bits per heavy atom. The number of thiazole rings is 1. The highest BCUT2D eigenvalue weighted by molar-refractivity contribution is 7.17. The molecule has 1 heterocycles. The Bertz CT molecular complexity index is 871. The fraction of sp³-hybridized carbons (Fsp3) is 0.542. The summed E-state index contributed by atoms with van der Waals surface area (Å²) in [5, 5.41) is 17.1. The van der Waals surface area contributed by atoms with Crippen molar-refractivity contribution in [2.75, 3.05) is 31.6 Å². The van der Waals surface area contributed by atoms with Gasteiger partial charge in [-0.3, -0.25) is 9.59 Å². The Morgan fingerprint density at radius 3 is 2.59 bits per heavy atom. The van der Waals surface area contributed by atoms with Gasteiger partial charge in [-0.15, -0.1) is 0 Å². The van der Waals surface area contributed by atoms with Crippen molar-refractivity contribution in [3.63, 3.8) is 0 Å². The Kier molecular flexibility index (Phi) is 12.4. The molecule has 5 N–H and O–H groups in total. The van der Waals surface area contributed by atoms with E-state index in [9.17, 15) is 14.7 Å². The number of nitrogens with two attached hydrogens (primary N) is 1. The monoisotopic (exact) mass is 492 g/mol. The molecule has 0 spiro atoms. The number of aliphatic hydroxyl groups excluding tert-OH is 1. The molecular weight excluding hydrogens is 456 g/mol. The van der Waals surface area contributed by atoms with Gasteiger partial charge in [0.15, 0.2) is 0 Å². The largest absolute Gasteiger partial charge is 0.492 e. The van der Waals surface area contributed by atoms with Gasteiger partial charge in [0, 0.05) is 25.1 Å². The molecule has 34 heavy (non-hydrogen) atoms. The fourth-order valence-corrected chi connectivity index (χ4v) is 3.97. The number of ether oxygens (including phenoxy) is 2. The molecule has 0 bridgehead atoms. The second-order valence-electron chi connectivity index (χ2n) is 8.02. The van der Waals surface area contributed by atoms with E-state index >= 15 is 0 Å².